The van der Waals surface area contributed by atoms with Crippen LogP contribution in [0.25, 0.3) is 0 Å². The lowest BCUT2D eigenvalue weighted by atomic mass is 10.0. The van der Waals surface area contributed by atoms with Crippen molar-refractivity contribution in [2.75, 3.05) is 12.8 Å². The van der Waals surface area contributed by atoms with Gasteiger partial charge in [-0.1, -0.05) is 59.8 Å². The third-order valence-corrected chi connectivity index (χ3v) is 7.57. The summed E-state index contributed by atoms with van der Waals surface area (Å²) in [5, 5.41) is 11.9. The van der Waals surface area contributed by atoms with Crippen LogP contribution in [0.3, 0.4) is 0 Å². The summed E-state index contributed by atoms with van der Waals surface area (Å²) in [5.74, 6) is -0.465. The molecule has 29 heavy (non-hydrogen) atoms. The first kappa shape index (κ1) is 21.6. The van der Waals surface area contributed by atoms with E-state index in [-0.39, 0.29) is 15.7 Å². The van der Waals surface area contributed by atoms with Crippen molar-refractivity contribution in [1.29, 1.82) is 0 Å². The van der Waals surface area contributed by atoms with Crippen LogP contribution >= 0.6 is 23.4 Å². The summed E-state index contributed by atoms with van der Waals surface area (Å²) < 4.78 is 26.7. The molecule has 154 valence electrons. The number of benzene rings is 2. The van der Waals surface area contributed by atoms with Gasteiger partial charge in [0.1, 0.15) is 4.90 Å². The van der Waals surface area contributed by atoms with Crippen LogP contribution in [0.2, 0.25) is 5.02 Å². The number of aliphatic imine (C=N–C) groups is 1. The Hall–Kier alpha value is -2.07. The second-order valence-corrected chi connectivity index (χ2v) is 9.56. The molecule has 1 aliphatic rings. The van der Waals surface area contributed by atoms with E-state index in [2.05, 4.69) is 4.99 Å². The minimum Gasteiger partial charge on any atom is -0.366 e. The number of hydrogen-bond acceptors (Lipinski definition) is 6. The molecule has 1 atom stereocenters. The lowest BCUT2D eigenvalue weighted by molar-refractivity contribution is -0.117. The van der Waals surface area contributed by atoms with Gasteiger partial charge in [0.25, 0.3) is 10.0 Å². The van der Waals surface area contributed by atoms with Crippen molar-refractivity contribution in [3.05, 3.63) is 64.7 Å². The van der Waals surface area contributed by atoms with E-state index in [0.717, 1.165) is 12.5 Å². The maximum atomic E-state index is 12.4. The summed E-state index contributed by atoms with van der Waals surface area (Å²) >= 11 is 7.42. The minimum atomic E-state index is -4.14. The van der Waals surface area contributed by atoms with E-state index in [1.165, 1.54) is 23.9 Å². The van der Waals surface area contributed by atoms with Crippen LogP contribution in [-0.2, 0) is 27.1 Å². The van der Waals surface area contributed by atoms with Crippen molar-refractivity contribution in [3.8, 4) is 0 Å². The van der Waals surface area contributed by atoms with Gasteiger partial charge in [0, 0.05) is 19.5 Å². The SMILES string of the molecule is CC(=O)NS(=O)(=O)c1cc(C2(O)CSC(=NCc3ccccc3)N2C)ccc1Cl. The van der Waals surface area contributed by atoms with Crippen molar-refractivity contribution < 1.29 is 18.3 Å². The van der Waals surface area contributed by atoms with Crippen molar-refractivity contribution in [3.63, 3.8) is 0 Å². The first-order valence-electron chi connectivity index (χ1n) is 8.64. The van der Waals surface area contributed by atoms with Crippen molar-refractivity contribution in [2.45, 2.75) is 24.1 Å². The summed E-state index contributed by atoms with van der Waals surface area (Å²) in [4.78, 5) is 17.1. The highest BCUT2D eigenvalue weighted by atomic mass is 35.5. The molecule has 1 unspecified atom stereocenters. The van der Waals surface area contributed by atoms with Crippen molar-refractivity contribution in [2.24, 2.45) is 4.99 Å². The van der Waals surface area contributed by atoms with Crippen LogP contribution in [-0.4, -0.2) is 42.3 Å². The largest absolute Gasteiger partial charge is 0.366 e. The third-order valence-electron chi connectivity index (χ3n) is 4.45. The number of amides is 1. The molecule has 1 aliphatic heterocycles. The highest BCUT2D eigenvalue weighted by Crippen LogP contribution is 2.39. The van der Waals surface area contributed by atoms with E-state index >= 15 is 0 Å². The fraction of sp³-hybridized carbons (Fsp3) is 0.263. The van der Waals surface area contributed by atoms with E-state index < -0.39 is 21.7 Å². The van der Waals surface area contributed by atoms with E-state index in [9.17, 15) is 18.3 Å². The topological polar surface area (TPSA) is 99.1 Å². The zero-order valence-electron chi connectivity index (χ0n) is 15.8. The number of thioether (sulfide) groups is 1. The Balaban J connectivity index is 1.90. The first-order valence-corrected chi connectivity index (χ1v) is 11.5. The molecule has 0 bridgehead atoms. The number of rotatable bonds is 5. The Morgan fingerprint density at radius 2 is 2.00 bits per heavy atom. The van der Waals surface area contributed by atoms with Gasteiger partial charge in [-0.05, 0) is 17.7 Å². The number of carbonyl (C=O) groups excluding carboxylic acids is 1. The van der Waals surface area contributed by atoms with Crippen LogP contribution in [0.15, 0.2) is 58.4 Å². The van der Waals surface area contributed by atoms with E-state index in [4.69, 9.17) is 11.6 Å². The number of aliphatic hydroxyl groups is 1. The Bertz CT molecular complexity index is 1060. The maximum absolute atomic E-state index is 12.4. The number of nitrogens with one attached hydrogen (secondary N) is 1. The van der Waals surface area contributed by atoms with Crippen molar-refractivity contribution in [1.82, 2.24) is 9.62 Å². The number of amidine groups is 1. The first-order chi connectivity index (χ1) is 13.6. The van der Waals surface area contributed by atoms with Crippen LogP contribution in [0.1, 0.15) is 18.1 Å². The van der Waals surface area contributed by atoms with Gasteiger partial charge in [-0.15, -0.1) is 0 Å². The second-order valence-electron chi connectivity index (χ2n) is 6.56. The van der Waals surface area contributed by atoms with Crippen molar-refractivity contribution >= 4 is 44.5 Å². The predicted octanol–water partition coefficient (Wildman–Crippen LogP) is 2.54. The molecule has 0 aromatic heterocycles. The molecule has 2 aromatic rings. The predicted molar refractivity (Wildman–Crippen MR) is 114 cm³/mol. The Morgan fingerprint density at radius 1 is 1.31 bits per heavy atom. The van der Waals surface area contributed by atoms with Gasteiger partial charge in [0.2, 0.25) is 5.91 Å². The van der Waals surface area contributed by atoms with Gasteiger partial charge in [0.05, 0.1) is 17.3 Å². The molecular formula is C19H20ClN3O4S2. The molecule has 2 N–H and O–H groups in total. The number of halogens is 1. The van der Waals surface area contributed by atoms with Gasteiger partial charge in [-0.2, -0.15) is 0 Å². The highest BCUT2D eigenvalue weighted by molar-refractivity contribution is 8.14. The zero-order chi connectivity index (χ0) is 21.2. The normalized spacial score (nSPS) is 20.8. The third kappa shape index (κ3) is 4.58. The molecule has 1 saturated heterocycles. The summed E-state index contributed by atoms with van der Waals surface area (Å²) in [6.45, 7) is 1.56. The lowest BCUT2D eigenvalue weighted by Gasteiger charge is -2.31. The van der Waals surface area contributed by atoms with Crippen LogP contribution in [0.5, 0.6) is 0 Å². The van der Waals surface area contributed by atoms with Gasteiger partial charge in [-0.25, -0.2) is 13.1 Å². The number of carbonyl (C=O) groups is 1. The monoisotopic (exact) mass is 453 g/mol. The molecule has 1 fully saturated rings. The van der Waals surface area contributed by atoms with Crippen LogP contribution in [0, 0.1) is 0 Å². The molecule has 2 aromatic carbocycles. The highest BCUT2D eigenvalue weighted by Gasteiger charge is 2.43. The lowest BCUT2D eigenvalue weighted by Crippen LogP contribution is -2.42. The molecule has 0 saturated carbocycles. The van der Waals surface area contributed by atoms with Gasteiger partial charge in [0.15, 0.2) is 10.9 Å². The average Bonchev–Trinajstić information content (AvgIpc) is 2.95. The van der Waals surface area contributed by atoms with Gasteiger partial charge >= 0.3 is 0 Å². The molecule has 0 radical (unpaired) electrons. The molecule has 0 spiro atoms. The molecule has 1 amide bonds. The standard InChI is InChI=1S/C19H20ClN3O4S2/c1-13(24)22-29(26,27)17-10-15(8-9-16(17)20)19(25)12-28-18(23(19)2)21-11-14-6-4-3-5-7-14/h3-10,25H,11-12H2,1-2H3,(H,22,24). The molecular weight excluding hydrogens is 434 g/mol. The smallest absolute Gasteiger partial charge is 0.265 e. The zero-order valence-corrected chi connectivity index (χ0v) is 18.2. The van der Waals surface area contributed by atoms with E-state index in [1.807, 2.05) is 35.1 Å². The summed E-state index contributed by atoms with van der Waals surface area (Å²) in [7, 11) is -2.45. The second kappa shape index (κ2) is 8.35. The number of nitrogens with zero attached hydrogens (tertiary/aromatic N) is 2. The molecule has 0 aliphatic carbocycles. The number of hydrogen-bond donors (Lipinski definition) is 2. The summed E-state index contributed by atoms with van der Waals surface area (Å²) in [5.41, 5.74) is -0.0870. The van der Waals surface area contributed by atoms with E-state index in [1.54, 1.807) is 18.0 Å². The molecule has 7 nitrogen and oxygen atoms in total. The van der Waals surface area contributed by atoms with Gasteiger partial charge in [-0.3, -0.25) is 9.79 Å². The minimum absolute atomic E-state index is 0.0441. The molecule has 10 heteroatoms. The maximum Gasteiger partial charge on any atom is 0.265 e. The van der Waals surface area contributed by atoms with Gasteiger partial charge < -0.3 is 10.0 Å². The molecule has 1 heterocycles. The summed E-state index contributed by atoms with van der Waals surface area (Å²) in [6.07, 6.45) is 0. The fourth-order valence-corrected chi connectivity index (χ4v) is 5.60. The Labute approximate surface area is 178 Å². The quantitative estimate of drug-likeness (QED) is 0.721. The molecule has 3 rings (SSSR count). The van der Waals surface area contributed by atoms with E-state index in [0.29, 0.717) is 17.3 Å². The van der Waals surface area contributed by atoms with Crippen LogP contribution < -0.4 is 4.72 Å². The number of sulfonamides is 1. The van der Waals surface area contributed by atoms with Crippen LogP contribution in [0.4, 0.5) is 0 Å². The fourth-order valence-electron chi connectivity index (χ4n) is 2.89. The summed E-state index contributed by atoms with van der Waals surface area (Å²) in [6, 6.07) is 14.0. The Kier molecular flexibility index (Phi) is 6.23. The Morgan fingerprint density at radius 3 is 2.66 bits per heavy atom. The average molecular weight is 454 g/mol.